The molecular weight excluding hydrogens is 256 g/mol. The van der Waals surface area contributed by atoms with E-state index in [4.69, 9.17) is 0 Å². The van der Waals surface area contributed by atoms with Gasteiger partial charge >= 0.3 is 0 Å². The van der Waals surface area contributed by atoms with E-state index in [9.17, 15) is 14.4 Å². The molecular formula is C15H16N2O3. The monoisotopic (exact) mass is 272 g/mol. The number of carbonyl (C=O) groups is 3. The van der Waals surface area contributed by atoms with Crippen LogP contribution in [0.1, 0.15) is 27.6 Å². The summed E-state index contributed by atoms with van der Waals surface area (Å²) in [5.41, 5.74) is 0.853. The molecule has 2 rings (SSSR count). The van der Waals surface area contributed by atoms with Crippen LogP contribution in [0.25, 0.3) is 0 Å². The zero-order chi connectivity index (χ0) is 14.7. The number of hydrogen-bond acceptors (Lipinski definition) is 3. The quantitative estimate of drug-likeness (QED) is 0.600. The maximum absolute atomic E-state index is 12.1. The van der Waals surface area contributed by atoms with Crippen molar-refractivity contribution in [3.8, 4) is 0 Å². The lowest BCUT2D eigenvalue weighted by Crippen LogP contribution is -2.40. The van der Waals surface area contributed by atoms with Crippen LogP contribution >= 0.6 is 0 Å². The maximum atomic E-state index is 12.1. The summed E-state index contributed by atoms with van der Waals surface area (Å²) >= 11 is 0. The SMILES string of the molecule is C=CCN(CCN1C(=O)c2ccccc2C1=O)C(C)=O. The third kappa shape index (κ3) is 2.47. The molecule has 3 amide bonds. The first-order chi connectivity index (χ1) is 9.56. The third-order valence-corrected chi connectivity index (χ3v) is 3.27. The second-order valence-corrected chi connectivity index (χ2v) is 4.56. The van der Waals surface area contributed by atoms with Gasteiger partial charge in [-0.3, -0.25) is 19.3 Å². The molecule has 0 spiro atoms. The van der Waals surface area contributed by atoms with E-state index in [1.54, 1.807) is 30.3 Å². The lowest BCUT2D eigenvalue weighted by molar-refractivity contribution is -0.128. The Hall–Kier alpha value is -2.43. The summed E-state index contributed by atoms with van der Waals surface area (Å²) in [5.74, 6) is -0.707. The molecule has 0 aromatic heterocycles. The molecule has 0 saturated heterocycles. The fourth-order valence-corrected chi connectivity index (χ4v) is 2.20. The van der Waals surface area contributed by atoms with Crippen LogP contribution in [0, 0.1) is 0 Å². The van der Waals surface area contributed by atoms with E-state index in [-0.39, 0.29) is 24.3 Å². The molecule has 0 N–H and O–H groups in total. The molecule has 0 aliphatic carbocycles. The molecule has 0 unspecified atom stereocenters. The second kappa shape index (κ2) is 5.69. The van der Waals surface area contributed by atoms with E-state index in [0.29, 0.717) is 24.2 Å². The lowest BCUT2D eigenvalue weighted by atomic mass is 10.1. The van der Waals surface area contributed by atoms with Crippen molar-refractivity contribution in [2.24, 2.45) is 0 Å². The van der Waals surface area contributed by atoms with E-state index < -0.39 is 0 Å². The summed E-state index contributed by atoms with van der Waals surface area (Å²) < 4.78 is 0. The molecule has 1 aromatic carbocycles. The average Bonchev–Trinajstić information content (AvgIpc) is 2.68. The number of hydrogen-bond donors (Lipinski definition) is 0. The molecule has 1 aliphatic heterocycles. The number of fused-ring (bicyclic) bond motifs is 1. The van der Waals surface area contributed by atoms with Gasteiger partial charge in [0.2, 0.25) is 5.91 Å². The van der Waals surface area contributed by atoms with Gasteiger partial charge in [0.1, 0.15) is 0 Å². The standard InChI is InChI=1S/C15H16N2O3/c1-3-8-16(11(2)18)9-10-17-14(19)12-6-4-5-7-13(12)15(17)20/h3-7H,1,8-10H2,2H3. The molecule has 0 radical (unpaired) electrons. The van der Waals surface area contributed by atoms with Gasteiger partial charge in [0.05, 0.1) is 11.1 Å². The minimum atomic E-state index is -0.298. The highest BCUT2D eigenvalue weighted by Gasteiger charge is 2.34. The maximum Gasteiger partial charge on any atom is 0.261 e. The first kappa shape index (κ1) is 14.0. The molecule has 1 aliphatic rings. The fourth-order valence-electron chi connectivity index (χ4n) is 2.20. The van der Waals surface area contributed by atoms with Crippen molar-refractivity contribution in [2.75, 3.05) is 19.6 Å². The minimum absolute atomic E-state index is 0.110. The second-order valence-electron chi connectivity index (χ2n) is 4.56. The van der Waals surface area contributed by atoms with Crippen LogP contribution in [-0.4, -0.2) is 47.2 Å². The van der Waals surface area contributed by atoms with Crippen LogP contribution in [0.2, 0.25) is 0 Å². The van der Waals surface area contributed by atoms with Crippen LogP contribution in [0.4, 0.5) is 0 Å². The molecule has 5 nitrogen and oxygen atoms in total. The highest BCUT2D eigenvalue weighted by molar-refractivity contribution is 6.21. The number of rotatable bonds is 5. The van der Waals surface area contributed by atoms with Crippen LogP contribution in [-0.2, 0) is 4.79 Å². The predicted octanol–water partition coefficient (Wildman–Crippen LogP) is 1.32. The Morgan fingerprint density at radius 2 is 1.80 bits per heavy atom. The molecule has 5 heteroatoms. The first-order valence-electron chi connectivity index (χ1n) is 6.38. The molecule has 0 fully saturated rings. The molecule has 1 aromatic rings. The van der Waals surface area contributed by atoms with Crippen LogP contribution in [0.3, 0.4) is 0 Å². The van der Waals surface area contributed by atoms with Crippen molar-refractivity contribution in [1.29, 1.82) is 0 Å². The predicted molar refractivity (Wildman–Crippen MR) is 74.3 cm³/mol. The van der Waals surface area contributed by atoms with Gasteiger partial charge in [-0.1, -0.05) is 18.2 Å². The van der Waals surface area contributed by atoms with Gasteiger partial charge in [-0.05, 0) is 12.1 Å². The molecule has 0 atom stereocenters. The highest BCUT2D eigenvalue weighted by atomic mass is 16.2. The first-order valence-corrected chi connectivity index (χ1v) is 6.38. The van der Waals surface area contributed by atoms with E-state index in [0.717, 1.165) is 0 Å². The molecule has 0 bridgehead atoms. The average molecular weight is 272 g/mol. The smallest absolute Gasteiger partial charge is 0.261 e. The van der Waals surface area contributed by atoms with E-state index in [2.05, 4.69) is 6.58 Å². The Balaban J connectivity index is 2.09. The molecule has 20 heavy (non-hydrogen) atoms. The van der Waals surface area contributed by atoms with E-state index in [1.807, 2.05) is 0 Å². The molecule has 0 saturated carbocycles. The Morgan fingerprint density at radius 3 is 2.25 bits per heavy atom. The Kier molecular flexibility index (Phi) is 3.98. The number of benzene rings is 1. The highest BCUT2D eigenvalue weighted by Crippen LogP contribution is 2.21. The van der Waals surface area contributed by atoms with Crippen LogP contribution < -0.4 is 0 Å². The minimum Gasteiger partial charge on any atom is -0.337 e. The van der Waals surface area contributed by atoms with Crippen molar-refractivity contribution in [2.45, 2.75) is 6.92 Å². The number of imide groups is 1. The largest absolute Gasteiger partial charge is 0.337 e. The van der Waals surface area contributed by atoms with Gasteiger partial charge in [-0.2, -0.15) is 0 Å². The van der Waals surface area contributed by atoms with Crippen molar-refractivity contribution in [1.82, 2.24) is 9.80 Å². The number of carbonyl (C=O) groups excluding carboxylic acids is 3. The normalized spacial score (nSPS) is 13.3. The van der Waals surface area contributed by atoms with Gasteiger partial charge in [-0.25, -0.2) is 0 Å². The van der Waals surface area contributed by atoms with Crippen molar-refractivity contribution in [3.63, 3.8) is 0 Å². The van der Waals surface area contributed by atoms with Crippen molar-refractivity contribution < 1.29 is 14.4 Å². The lowest BCUT2D eigenvalue weighted by Gasteiger charge is -2.22. The van der Waals surface area contributed by atoms with Crippen LogP contribution in [0.5, 0.6) is 0 Å². The zero-order valence-corrected chi connectivity index (χ0v) is 11.3. The molecule has 104 valence electrons. The van der Waals surface area contributed by atoms with Crippen LogP contribution in [0.15, 0.2) is 36.9 Å². The topological polar surface area (TPSA) is 57.7 Å². The third-order valence-electron chi connectivity index (χ3n) is 3.27. The summed E-state index contributed by atoms with van der Waals surface area (Å²) in [5, 5.41) is 0. The van der Waals surface area contributed by atoms with Gasteiger partial charge in [0.25, 0.3) is 11.8 Å². The van der Waals surface area contributed by atoms with Crippen molar-refractivity contribution in [3.05, 3.63) is 48.0 Å². The summed E-state index contributed by atoms with van der Waals surface area (Å²) in [4.78, 5) is 38.4. The van der Waals surface area contributed by atoms with Gasteiger partial charge in [-0.15, -0.1) is 6.58 Å². The van der Waals surface area contributed by atoms with E-state index >= 15 is 0 Å². The Labute approximate surface area is 117 Å². The number of amides is 3. The summed E-state index contributed by atoms with van der Waals surface area (Å²) in [7, 11) is 0. The van der Waals surface area contributed by atoms with Crippen molar-refractivity contribution >= 4 is 17.7 Å². The zero-order valence-electron chi connectivity index (χ0n) is 11.3. The summed E-state index contributed by atoms with van der Waals surface area (Å²) in [6.45, 7) is 5.94. The van der Waals surface area contributed by atoms with Gasteiger partial charge in [0, 0.05) is 26.6 Å². The Morgan fingerprint density at radius 1 is 1.25 bits per heavy atom. The summed E-state index contributed by atoms with van der Waals surface area (Å²) in [6.07, 6.45) is 1.61. The fraction of sp³-hybridized carbons (Fsp3) is 0.267. The van der Waals surface area contributed by atoms with E-state index in [1.165, 1.54) is 16.7 Å². The number of nitrogens with zero attached hydrogens (tertiary/aromatic N) is 2. The summed E-state index contributed by atoms with van der Waals surface area (Å²) in [6, 6.07) is 6.74. The molecule has 1 heterocycles. The van der Waals surface area contributed by atoms with Gasteiger partial charge < -0.3 is 4.90 Å². The Bertz CT molecular complexity index is 545. The van der Waals surface area contributed by atoms with Gasteiger partial charge in [0.15, 0.2) is 0 Å².